The van der Waals surface area contributed by atoms with Crippen molar-refractivity contribution in [3.8, 4) is 0 Å². The topological polar surface area (TPSA) is 526 Å². The molecule has 6 aliphatic carbocycles. The predicted molar refractivity (Wildman–Crippen MR) is 470 cm³/mol. The van der Waals surface area contributed by atoms with E-state index >= 15 is 14.4 Å². The number of aliphatic hydroxyl groups excluding tert-OH is 5. The Balaban J connectivity index is 0.000000245. The van der Waals surface area contributed by atoms with Crippen molar-refractivity contribution in [2.24, 2.45) is 33.5 Å². The number of hydrogen-bond donors (Lipinski definition) is 10. The lowest BCUT2D eigenvalue weighted by Gasteiger charge is -2.67. The molecule has 1 heterocycles. The summed E-state index contributed by atoms with van der Waals surface area (Å²) >= 11 is 0. The molecular formula is C100H112N2O33. The molecule has 135 heavy (non-hydrogen) atoms. The molecule has 35 heteroatoms. The number of carbonyl (C=O) groups excluding carboxylic acids is 14. The van der Waals surface area contributed by atoms with Crippen LogP contribution in [0.25, 0.3) is 0 Å². The predicted octanol–water partition coefficient (Wildman–Crippen LogP) is 6.29. The molecule has 35 nitrogen and oxygen atoms in total. The highest BCUT2D eigenvalue weighted by Gasteiger charge is 2.80. The second-order valence-electron chi connectivity index (χ2n) is 36.8. The van der Waals surface area contributed by atoms with Crippen molar-refractivity contribution >= 4 is 83.1 Å². The van der Waals surface area contributed by atoms with Crippen LogP contribution in [0.5, 0.6) is 0 Å². The van der Waals surface area contributed by atoms with Gasteiger partial charge in [-0.05, 0) is 123 Å². The van der Waals surface area contributed by atoms with Gasteiger partial charge in [0.25, 0.3) is 11.8 Å². The lowest BCUT2D eigenvalue weighted by Crippen LogP contribution is -2.82. The van der Waals surface area contributed by atoms with Gasteiger partial charge >= 0.3 is 59.7 Å². The fourth-order valence-electron chi connectivity index (χ4n) is 20.6. The Hall–Kier alpha value is -12.6. The molecule has 720 valence electrons. The molecule has 4 bridgehead atoms. The lowest BCUT2D eigenvalue weighted by atomic mass is 9.44. The van der Waals surface area contributed by atoms with Gasteiger partial charge in [-0.25, -0.2) is 28.8 Å². The zero-order valence-electron chi connectivity index (χ0n) is 76.7. The number of nitrogens with one attached hydrogen (secondary N) is 2. The molecular weight excluding hydrogens is 1760 g/mol. The molecule has 24 atom stereocenters. The third kappa shape index (κ3) is 19.1. The van der Waals surface area contributed by atoms with Crippen LogP contribution >= 0.6 is 0 Å². The molecule has 0 spiro atoms. The first kappa shape index (κ1) is 101. The van der Waals surface area contributed by atoms with Gasteiger partial charge in [-0.3, -0.25) is 38.4 Å². The van der Waals surface area contributed by atoms with E-state index in [-0.39, 0.29) is 63.1 Å². The van der Waals surface area contributed by atoms with E-state index in [0.29, 0.717) is 5.56 Å². The van der Waals surface area contributed by atoms with Crippen LogP contribution in [0, 0.1) is 33.5 Å². The van der Waals surface area contributed by atoms with Crippen LogP contribution in [0.15, 0.2) is 204 Å². The maximum atomic E-state index is 15.7. The first-order valence-corrected chi connectivity index (χ1v) is 44.0. The number of Topliss-reactive ketones (excluding diaryl/α,β-unsaturated/α-hetero) is 2. The van der Waals surface area contributed by atoms with Gasteiger partial charge in [-0.15, -0.1) is 0 Å². The smallest absolute Gasteiger partial charge is 0.350 e. The van der Waals surface area contributed by atoms with Crippen molar-refractivity contribution in [1.29, 1.82) is 0 Å². The Kier molecular flexibility index (Phi) is 29.9. The fourth-order valence-corrected chi connectivity index (χ4v) is 20.6. The summed E-state index contributed by atoms with van der Waals surface area (Å²) in [5.74, 6) is -17.9. The van der Waals surface area contributed by atoms with Crippen molar-refractivity contribution in [3.63, 3.8) is 0 Å². The molecule has 7 aliphatic rings. The summed E-state index contributed by atoms with van der Waals surface area (Å²) in [6.07, 6.45) is -27.4. The number of fused-ring (bicyclic) bond motifs is 8. The Bertz CT molecular complexity index is 5580. The Morgan fingerprint density at radius 2 is 0.830 bits per heavy atom. The minimum atomic E-state index is -2.75. The standard InChI is InChI=1S/C53H59NO18.C47H53NO15/c1-27-35(69-49(64)41(70-47(62)29(3)67-46(61)28(2)55)39(32-18-12-9-13-19-32)54-45(60)33-20-14-10-15-21-33)25-53(65)44(71-48(63)34-22-16-11-17-23-34)42-51(8,36(58)24-37-52(42,26-66-37)72-31(5)57)43(59)40(68-30(4)56)38(27)50(53,6)7;1-25-31(62-43(57)36(53)35(28-16-10-7-11-17-28)48-41(55)29-18-12-8-13-19-29)23-47(59)40(63-42(56)30-20-14-9-15-21-30)38-45(6,32(52)22-33(60-26(2)50)46(38,58)24-49)39(54)37(61-27(3)51)34(25)44(47,4)5/h9-23,28-29,35-37,39-42,44,55,58,65H,24-26H2,1-8H3,(H,54,60);7-21,31-33,35-38,40,49,52-53,58-59H,22-24H2,1-6H3,(H,48,55)/t28?,29?,35?,36-,37+,39?,40+,41+,42?,44-,51+,52-,53+;31?,32-,33-,35?,36+,37+,38?,40-,45+,46-,47+/m00/s1. The molecule has 6 aromatic rings. The maximum Gasteiger partial charge on any atom is 0.350 e. The number of aliphatic hydroxyl groups is 8. The summed E-state index contributed by atoms with van der Waals surface area (Å²) < 4.78 is 65.0. The van der Waals surface area contributed by atoms with Gasteiger partial charge in [0, 0.05) is 81.3 Å². The van der Waals surface area contributed by atoms with Crippen LogP contribution in [0.2, 0.25) is 0 Å². The van der Waals surface area contributed by atoms with E-state index in [0.717, 1.165) is 41.5 Å². The van der Waals surface area contributed by atoms with E-state index in [1.54, 1.807) is 109 Å². The maximum absolute atomic E-state index is 15.7. The molecule has 5 fully saturated rings. The summed E-state index contributed by atoms with van der Waals surface area (Å²) in [7, 11) is 0. The van der Waals surface area contributed by atoms with Crippen molar-refractivity contribution in [3.05, 3.63) is 238 Å². The second-order valence-corrected chi connectivity index (χ2v) is 36.8. The van der Waals surface area contributed by atoms with Gasteiger partial charge < -0.3 is 104 Å². The minimum absolute atomic E-state index is 0.0133. The minimum Gasteiger partial charge on any atom is -0.459 e. The van der Waals surface area contributed by atoms with Crippen LogP contribution in [0.3, 0.4) is 0 Å². The number of esters is 10. The van der Waals surface area contributed by atoms with Crippen molar-refractivity contribution in [1.82, 2.24) is 10.6 Å². The number of benzene rings is 6. The molecule has 1 aliphatic heterocycles. The Labute approximate surface area is 777 Å². The molecule has 0 radical (unpaired) electrons. The third-order valence-corrected chi connectivity index (χ3v) is 27.9. The average molecular weight is 1870 g/mol. The molecule has 8 unspecified atom stereocenters. The monoisotopic (exact) mass is 1870 g/mol. The largest absolute Gasteiger partial charge is 0.459 e. The summed E-state index contributed by atoms with van der Waals surface area (Å²) in [5, 5.41) is 103. The van der Waals surface area contributed by atoms with E-state index in [1.807, 2.05) is 0 Å². The van der Waals surface area contributed by atoms with E-state index < -0.39 is 262 Å². The van der Waals surface area contributed by atoms with Gasteiger partial charge in [-0.2, -0.15) is 0 Å². The first-order chi connectivity index (χ1) is 63.5. The van der Waals surface area contributed by atoms with E-state index in [4.69, 9.17) is 52.1 Å². The highest BCUT2D eigenvalue weighted by molar-refractivity contribution is 5.99. The normalized spacial score (nSPS) is 30.3. The number of rotatable bonds is 25. The van der Waals surface area contributed by atoms with Crippen molar-refractivity contribution in [2.45, 2.75) is 243 Å². The SMILES string of the molecule is CC(=O)O[C@H]1C(=O)[C@@]2(C)C([C@H](OC(=O)c3ccccc3)[C@]3(O)CC(OC(=O)[C@H](O)C(NC(=O)c4ccccc4)c4ccccc4)C(C)=C1C3(C)C)[C@](O)(CO)[C@@H](OC(C)=O)C[C@@H]2O.CC(=O)O[C@H]1C(=O)[C@@]2(C)C([C@H](OC(=O)c3ccccc3)[C@]3(O)CC(OC(=O)[C@H](OC(=O)C(C)OC(=O)C(C)O)C(NC(=O)c4ccccc4)c4ccccc4)C(C)=C1C3(C)C)[C@]1(OC(C)=O)CO[C@@H]1C[C@@H]2O. The van der Waals surface area contributed by atoms with E-state index in [1.165, 1.54) is 128 Å². The van der Waals surface area contributed by atoms with E-state index in [9.17, 15) is 93.6 Å². The average Bonchev–Trinajstić information content (AvgIpc) is 0.682. The highest BCUT2D eigenvalue weighted by Crippen LogP contribution is 2.66. The van der Waals surface area contributed by atoms with Gasteiger partial charge in [0.15, 0.2) is 41.6 Å². The molecule has 0 aromatic heterocycles. The Morgan fingerprint density at radius 1 is 0.452 bits per heavy atom. The molecule has 6 aromatic carbocycles. The zero-order chi connectivity index (χ0) is 98.9. The summed E-state index contributed by atoms with van der Waals surface area (Å²) in [4.78, 5) is 195. The second kappa shape index (κ2) is 39.8. The third-order valence-electron chi connectivity index (χ3n) is 27.9. The molecule has 13 rings (SSSR count). The van der Waals surface area contributed by atoms with Gasteiger partial charge in [-0.1, -0.05) is 161 Å². The summed E-state index contributed by atoms with van der Waals surface area (Å²) in [6, 6.07) is 44.2. The molecule has 10 N–H and O–H groups in total. The quantitative estimate of drug-likeness (QED) is 0.0171. The fraction of sp³-hybridized carbons (Fsp3) is 0.460. The summed E-state index contributed by atoms with van der Waals surface area (Å²) in [5.41, 5.74) is -16.9. The van der Waals surface area contributed by atoms with Crippen molar-refractivity contribution < 1.29 is 160 Å². The highest BCUT2D eigenvalue weighted by atomic mass is 16.7. The number of amides is 2. The van der Waals surface area contributed by atoms with Crippen LogP contribution < -0.4 is 10.6 Å². The number of ether oxygens (including phenoxy) is 11. The van der Waals surface area contributed by atoms with Crippen LogP contribution in [-0.2, 0) is 100 Å². The number of ketones is 2. The molecule has 2 amide bonds. The molecule has 1 saturated heterocycles. The zero-order valence-corrected chi connectivity index (χ0v) is 76.7. The van der Waals surface area contributed by atoms with Gasteiger partial charge in [0.2, 0.25) is 6.10 Å². The number of carbonyl (C=O) groups is 14. The summed E-state index contributed by atoms with van der Waals surface area (Å²) in [6.45, 7) is 16.2. The van der Waals surface area contributed by atoms with Crippen LogP contribution in [0.4, 0.5) is 0 Å². The number of hydrogen-bond acceptors (Lipinski definition) is 33. The van der Waals surface area contributed by atoms with Crippen LogP contribution in [-0.4, -0.2) is 245 Å². The van der Waals surface area contributed by atoms with Crippen LogP contribution in [0.1, 0.15) is 187 Å². The van der Waals surface area contributed by atoms with Crippen molar-refractivity contribution in [2.75, 3.05) is 13.2 Å². The molecule has 4 saturated carbocycles. The Morgan fingerprint density at radius 3 is 1.22 bits per heavy atom. The van der Waals surface area contributed by atoms with E-state index in [2.05, 4.69) is 10.6 Å². The van der Waals surface area contributed by atoms with Gasteiger partial charge in [0.05, 0.1) is 59.3 Å². The first-order valence-electron chi connectivity index (χ1n) is 44.0. The lowest BCUT2D eigenvalue weighted by molar-refractivity contribution is -0.346. The van der Waals surface area contributed by atoms with Gasteiger partial charge in [0.1, 0.15) is 65.6 Å².